The van der Waals surface area contributed by atoms with E-state index in [1.54, 1.807) is 0 Å². The third-order valence-corrected chi connectivity index (χ3v) is 2.44. The molecule has 1 N–H and O–H groups in total. The molecule has 10 heavy (non-hydrogen) atoms. The van der Waals surface area contributed by atoms with Crippen LogP contribution in [0.5, 0.6) is 0 Å². The first-order chi connectivity index (χ1) is 4.97. The summed E-state index contributed by atoms with van der Waals surface area (Å²) in [7, 11) is 0. The lowest BCUT2D eigenvalue weighted by Crippen LogP contribution is -2.25. The predicted molar refractivity (Wildman–Crippen MR) is 42.3 cm³/mol. The minimum atomic E-state index is 0.794. The fourth-order valence-corrected chi connectivity index (χ4v) is 1.89. The Kier molecular flexibility index (Phi) is 1.61. The maximum atomic E-state index is 4.42. The second-order valence-corrected chi connectivity index (χ2v) is 3.18. The molecule has 1 saturated carbocycles. The van der Waals surface area contributed by atoms with E-state index in [2.05, 4.69) is 10.3 Å². The highest BCUT2D eigenvalue weighted by atomic mass is 15.1. The van der Waals surface area contributed by atoms with E-state index in [4.69, 9.17) is 0 Å². The number of aliphatic imine (C=N–C) groups is 1. The van der Waals surface area contributed by atoms with Crippen LogP contribution >= 0.6 is 0 Å². The van der Waals surface area contributed by atoms with E-state index in [9.17, 15) is 0 Å². The first-order valence-electron chi connectivity index (χ1n) is 4.25. The first-order valence-corrected chi connectivity index (χ1v) is 4.25. The summed E-state index contributed by atoms with van der Waals surface area (Å²) in [6.07, 6.45) is 5.55. The Bertz CT molecular complexity index is 145. The fourth-order valence-electron chi connectivity index (χ4n) is 1.89. The second-order valence-electron chi connectivity index (χ2n) is 3.18. The average Bonchev–Trinajstić information content (AvgIpc) is 2.59. The zero-order valence-corrected chi connectivity index (χ0v) is 6.27. The molecule has 2 nitrogen and oxygen atoms in total. The molecule has 0 amide bonds. The maximum absolute atomic E-state index is 4.42. The number of rotatable bonds is 1. The first kappa shape index (κ1) is 6.20. The van der Waals surface area contributed by atoms with Crippen LogP contribution in [-0.4, -0.2) is 18.9 Å². The van der Waals surface area contributed by atoms with E-state index in [0.717, 1.165) is 19.0 Å². The van der Waals surface area contributed by atoms with Crippen molar-refractivity contribution < 1.29 is 0 Å². The number of nitrogens with one attached hydrogen (secondary N) is 1. The van der Waals surface area contributed by atoms with E-state index in [1.807, 2.05) is 0 Å². The number of hydrogen-bond acceptors (Lipinski definition) is 2. The van der Waals surface area contributed by atoms with Crippen LogP contribution in [-0.2, 0) is 0 Å². The molecule has 0 aromatic heterocycles. The van der Waals surface area contributed by atoms with Gasteiger partial charge in [0.1, 0.15) is 0 Å². The van der Waals surface area contributed by atoms with Crippen molar-refractivity contribution in [1.82, 2.24) is 5.32 Å². The Balaban J connectivity index is 1.97. The lowest BCUT2D eigenvalue weighted by atomic mass is 10.1. The van der Waals surface area contributed by atoms with Gasteiger partial charge in [-0.2, -0.15) is 0 Å². The second kappa shape index (κ2) is 2.60. The van der Waals surface area contributed by atoms with E-state index < -0.39 is 0 Å². The van der Waals surface area contributed by atoms with Gasteiger partial charge in [0.15, 0.2) is 0 Å². The highest BCUT2D eigenvalue weighted by Crippen LogP contribution is 2.25. The molecule has 0 atom stereocenters. The van der Waals surface area contributed by atoms with Gasteiger partial charge >= 0.3 is 0 Å². The summed E-state index contributed by atoms with van der Waals surface area (Å²) < 4.78 is 0. The molecule has 2 rings (SSSR count). The molecular formula is C8H14N2. The van der Waals surface area contributed by atoms with Gasteiger partial charge in [-0.3, -0.25) is 4.99 Å². The van der Waals surface area contributed by atoms with Gasteiger partial charge < -0.3 is 5.32 Å². The van der Waals surface area contributed by atoms with Gasteiger partial charge in [0.05, 0.1) is 12.4 Å². The topological polar surface area (TPSA) is 24.4 Å². The summed E-state index contributed by atoms with van der Waals surface area (Å²) in [5.74, 6) is 2.10. The lowest BCUT2D eigenvalue weighted by molar-refractivity contribution is 0.708. The average molecular weight is 138 g/mol. The van der Waals surface area contributed by atoms with E-state index in [1.165, 1.54) is 31.5 Å². The molecule has 0 radical (unpaired) electrons. The highest BCUT2D eigenvalue weighted by Gasteiger charge is 2.21. The molecule has 0 spiro atoms. The Hall–Kier alpha value is -0.530. The van der Waals surface area contributed by atoms with Gasteiger partial charge in [-0.05, 0) is 12.8 Å². The fraction of sp³-hybridized carbons (Fsp3) is 0.875. The van der Waals surface area contributed by atoms with Crippen molar-refractivity contribution in [3.8, 4) is 0 Å². The van der Waals surface area contributed by atoms with Gasteiger partial charge in [0, 0.05) is 12.5 Å². The van der Waals surface area contributed by atoms with Crippen molar-refractivity contribution in [3.05, 3.63) is 0 Å². The van der Waals surface area contributed by atoms with Crippen molar-refractivity contribution in [2.45, 2.75) is 25.7 Å². The zero-order chi connectivity index (χ0) is 6.81. The largest absolute Gasteiger partial charge is 0.372 e. The van der Waals surface area contributed by atoms with Gasteiger partial charge in [-0.15, -0.1) is 0 Å². The van der Waals surface area contributed by atoms with Crippen LogP contribution in [0.25, 0.3) is 0 Å². The Morgan fingerprint density at radius 1 is 1.30 bits per heavy atom. The Morgan fingerprint density at radius 2 is 2.10 bits per heavy atom. The van der Waals surface area contributed by atoms with E-state index >= 15 is 0 Å². The summed E-state index contributed by atoms with van der Waals surface area (Å²) in [5, 5.41) is 3.35. The van der Waals surface area contributed by atoms with Crippen LogP contribution in [0.2, 0.25) is 0 Å². The van der Waals surface area contributed by atoms with Crippen LogP contribution in [0.15, 0.2) is 4.99 Å². The van der Waals surface area contributed by atoms with Crippen LogP contribution in [0.4, 0.5) is 0 Å². The number of nitrogens with zero attached hydrogens (tertiary/aromatic N) is 1. The minimum Gasteiger partial charge on any atom is -0.372 e. The van der Waals surface area contributed by atoms with E-state index in [-0.39, 0.29) is 0 Å². The van der Waals surface area contributed by atoms with Crippen molar-refractivity contribution in [2.75, 3.05) is 13.1 Å². The molecule has 1 fully saturated rings. The third kappa shape index (κ3) is 1.02. The summed E-state index contributed by atoms with van der Waals surface area (Å²) in [6, 6.07) is 0. The lowest BCUT2D eigenvalue weighted by Gasteiger charge is -2.08. The quantitative estimate of drug-likeness (QED) is 0.578. The molecule has 1 aliphatic heterocycles. The SMILES string of the molecule is C1CCC(C2=NCCN2)C1. The van der Waals surface area contributed by atoms with Crippen molar-refractivity contribution in [1.29, 1.82) is 0 Å². The van der Waals surface area contributed by atoms with Gasteiger partial charge in [0.25, 0.3) is 0 Å². The number of amidine groups is 1. The third-order valence-electron chi connectivity index (χ3n) is 2.44. The summed E-state index contributed by atoms with van der Waals surface area (Å²) in [6.45, 7) is 2.08. The van der Waals surface area contributed by atoms with Gasteiger partial charge in [-0.1, -0.05) is 12.8 Å². The molecule has 0 saturated heterocycles. The summed E-state index contributed by atoms with van der Waals surface area (Å²) in [4.78, 5) is 4.42. The van der Waals surface area contributed by atoms with E-state index in [0.29, 0.717) is 0 Å². The molecule has 2 aliphatic rings. The van der Waals surface area contributed by atoms with Crippen molar-refractivity contribution in [2.24, 2.45) is 10.9 Å². The van der Waals surface area contributed by atoms with Gasteiger partial charge in [0.2, 0.25) is 0 Å². The summed E-state index contributed by atoms with van der Waals surface area (Å²) in [5.41, 5.74) is 0. The molecule has 56 valence electrons. The molecule has 1 aliphatic carbocycles. The van der Waals surface area contributed by atoms with Gasteiger partial charge in [-0.25, -0.2) is 0 Å². The zero-order valence-electron chi connectivity index (χ0n) is 6.27. The molecule has 0 bridgehead atoms. The van der Waals surface area contributed by atoms with Crippen LogP contribution < -0.4 is 5.32 Å². The molecule has 2 heteroatoms. The maximum Gasteiger partial charge on any atom is 0.0995 e. The van der Waals surface area contributed by atoms with Crippen LogP contribution in [0.3, 0.4) is 0 Å². The van der Waals surface area contributed by atoms with Crippen LogP contribution in [0.1, 0.15) is 25.7 Å². The summed E-state index contributed by atoms with van der Waals surface area (Å²) >= 11 is 0. The monoisotopic (exact) mass is 138 g/mol. The number of hydrogen-bond donors (Lipinski definition) is 1. The molecule has 0 unspecified atom stereocenters. The van der Waals surface area contributed by atoms with Crippen LogP contribution in [0, 0.1) is 5.92 Å². The highest BCUT2D eigenvalue weighted by molar-refractivity contribution is 5.86. The predicted octanol–water partition coefficient (Wildman–Crippen LogP) is 1.18. The molecule has 0 aromatic rings. The van der Waals surface area contributed by atoms with Crippen molar-refractivity contribution >= 4 is 5.84 Å². The molecular weight excluding hydrogens is 124 g/mol. The standard InChI is InChI=1S/C8H14N2/c1-2-4-7(3-1)8-9-5-6-10-8/h7H,1-6H2,(H,9,10). The molecule has 1 heterocycles. The normalized spacial score (nSPS) is 26.6. The molecule has 0 aromatic carbocycles. The Morgan fingerprint density at radius 3 is 2.70 bits per heavy atom. The minimum absolute atomic E-state index is 0.794. The smallest absolute Gasteiger partial charge is 0.0995 e. The van der Waals surface area contributed by atoms with Crippen molar-refractivity contribution in [3.63, 3.8) is 0 Å². The Labute approximate surface area is 61.7 Å².